The lowest BCUT2D eigenvalue weighted by atomic mass is 10.0. The second kappa shape index (κ2) is 5.01. The average Bonchev–Trinajstić information content (AvgIpc) is 2.68. The highest BCUT2D eigenvalue weighted by molar-refractivity contribution is 9.10. The summed E-state index contributed by atoms with van der Waals surface area (Å²) >= 11 is 3.09. The molecule has 0 aliphatic carbocycles. The van der Waals surface area contributed by atoms with Gasteiger partial charge in [0.05, 0.1) is 23.3 Å². The third-order valence-corrected chi connectivity index (χ3v) is 3.44. The largest absolute Gasteiger partial charge is 0.495 e. The van der Waals surface area contributed by atoms with Crippen molar-refractivity contribution in [2.24, 2.45) is 7.05 Å². The molecule has 1 aromatic heterocycles. The summed E-state index contributed by atoms with van der Waals surface area (Å²) in [5.74, 6) is 0.534. The SMILES string of the molecule is COc1c(Br)cc(C(F)(F)F)cc1-c1cnn(C)c1N. The molecule has 0 radical (unpaired) electrons. The zero-order valence-electron chi connectivity index (χ0n) is 10.6. The van der Waals surface area contributed by atoms with Crippen LogP contribution >= 0.6 is 15.9 Å². The standard InChI is InChI=1S/C12H11BrF3N3O/c1-19-11(17)8(5-18-19)7-3-6(12(14,15)16)4-9(13)10(7)20-2/h3-5H,17H2,1-2H3. The number of anilines is 1. The van der Waals surface area contributed by atoms with Gasteiger partial charge in [-0.05, 0) is 28.1 Å². The van der Waals surface area contributed by atoms with Gasteiger partial charge in [0.1, 0.15) is 11.6 Å². The average molecular weight is 350 g/mol. The molecule has 1 heterocycles. The van der Waals surface area contributed by atoms with Gasteiger partial charge in [0.15, 0.2) is 0 Å². The van der Waals surface area contributed by atoms with Crippen molar-refractivity contribution in [2.75, 3.05) is 12.8 Å². The molecular formula is C12H11BrF3N3O. The molecule has 108 valence electrons. The van der Waals surface area contributed by atoms with Crippen molar-refractivity contribution in [2.45, 2.75) is 6.18 Å². The van der Waals surface area contributed by atoms with E-state index in [0.717, 1.165) is 12.1 Å². The van der Waals surface area contributed by atoms with Gasteiger partial charge < -0.3 is 10.5 Å². The van der Waals surface area contributed by atoms with Gasteiger partial charge in [-0.2, -0.15) is 18.3 Å². The van der Waals surface area contributed by atoms with Crippen LogP contribution < -0.4 is 10.5 Å². The number of benzene rings is 1. The quantitative estimate of drug-likeness (QED) is 0.903. The minimum Gasteiger partial charge on any atom is -0.495 e. The molecule has 0 aliphatic heterocycles. The minimum atomic E-state index is -4.46. The van der Waals surface area contributed by atoms with Crippen LogP contribution in [0.15, 0.2) is 22.8 Å². The first-order chi connectivity index (χ1) is 9.25. The van der Waals surface area contributed by atoms with Gasteiger partial charge in [0, 0.05) is 18.2 Å². The lowest BCUT2D eigenvalue weighted by Gasteiger charge is -2.14. The van der Waals surface area contributed by atoms with Crippen molar-refractivity contribution in [1.82, 2.24) is 9.78 Å². The number of nitrogen functional groups attached to an aromatic ring is 1. The first-order valence-electron chi connectivity index (χ1n) is 5.48. The Morgan fingerprint density at radius 3 is 2.40 bits per heavy atom. The van der Waals surface area contributed by atoms with Crippen LogP contribution in [-0.2, 0) is 13.2 Å². The molecule has 0 amide bonds. The highest BCUT2D eigenvalue weighted by Crippen LogP contribution is 2.43. The molecule has 20 heavy (non-hydrogen) atoms. The molecule has 0 saturated carbocycles. The molecular weight excluding hydrogens is 339 g/mol. The number of rotatable bonds is 2. The first-order valence-corrected chi connectivity index (χ1v) is 6.27. The highest BCUT2D eigenvalue weighted by Gasteiger charge is 2.32. The fraction of sp³-hybridized carbons (Fsp3) is 0.250. The van der Waals surface area contributed by atoms with Gasteiger partial charge in [-0.1, -0.05) is 0 Å². The number of nitrogens with two attached hydrogens (primary N) is 1. The topological polar surface area (TPSA) is 53.1 Å². The molecule has 4 nitrogen and oxygen atoms in total. The molecule has 2 N–H and O–H groups in total. The second-order valence-corrected chi connectivity index (χ2v) is 4.96. The van der Waals surface area contributed by atoms with Crippen LogP contribution in [0, 0.1) is 0 Å². The molecule has 0 atom stereocenters. The van der Waals surface area contributed by atoms with E-state index in [0.29, 0.717) is 5.56 Å². The zero-order chi connectivity index (χ0) is 15.1. The summed E-state index contributed by atoms with van der Waals surface area (Å²) in [7, 11) is 2.98. The maximum atomic E-state index is 12.9. The van der Waals surface area contributed by atoms with Crippen LogP contribution in [-0.4, -0.2) is 16.9 Å². The van der Waals surface area contributed by atoms with Gasteiger partial charge in [0.25, 0.3) is 0 Å². The van der Waals surface area contributed by atoms with Crippen molar-refractivity contribution in [1.29, 1.82) is 0 Å². The van der Waals surface area contributed by atoms with Gasteiger partial charge in [-0.25, -0.2) is 0 Å². The molecule has 0 saturated heterocycles. The summed E-state index contributed by atoms with van der Waals surface area (Å²) in [6.07, 6.45) is -3.06. The molecule has 0 unspecified atom stereocenters. The number of alkyl halides is 3. The van der Waals surface area contributed by atoms with E-state index in [1.165, 1.54) is 18.0 Å². The van der Waals surface area contributed by atoms with Gasteiger partial charge in [0.2, 0.25) is 0 Å². The Balaban J connectivity index is 2.73. The van der Waals surface area contributed by atoms with Crippen LogP contribution in [0.3, 0.4) is 0 Å². The maximum Gasteiger partial charge on any atom is 0.416 e. The van der Waals surface area contributed by atoms with E-state index in [4.69, 9.17) is 10.5 Å². The Morgan fingerprint density at radius 2 is 1.95 bits per heavy atom. The number of halogens is 4. The molecule has 8 heteroatoms. The monoisotopic (exact) mass is 349 g/mol. The smallest absolute Gasteiger partial charge is 0.416 e. The summed E-state index contributed by atoms with van der Waals surface area (Å²) in [6.45, 7) is 0. The van der Waals surface area contributed by atoms with E-state index < -0.39 is 11.7 Å². The number of methoxy groups -OCH3 is 1. The zero-order valence-corrected chi connectivity index (χ0v) is 12.2. The van der Waals surface area contributed by atoms with Gasteiger partial charge >= 0.3 is 6.18 Å². The number of hydrogen-bond donors (Lipinski definition) is 1. The molecule has 0 aliphatic rings. The third kappa shape index (κ3) is 2.47. The Hall–Kier alpha value is -1.70. The van der Waals surface area contributed by atoms with Crippen LogP contribution in [0.25, 0.3) is 11.1 Å². The van der Waals surface area contributed by atoms with Crippen LogP contribution in [0.2, 0.25) is 0 Å². The van der Waals surface area contributed by atoms with Crippen LogP contribution in [0.4, 0.5) is 19.0 Å². The van der Waals surface area contributed by atoms with Gasteiger partial charge in [-0.3, -0.25) is 4.68 Å². The molecule has 1 aromatic carbocycles. The number of aromatic nitrogens is 2. The number of aryl methyl sites for hydroxylation is 1. The fourth-order valence-corrected chi connectivity index (χ4v) is 2.44. The number of hydrogen-bond acceptors (Lipinski definition) is 3. The van der Waals surface area contributed by atoms with E-state index in [1.807, 2.05) is 0 Å². The van der Waals surface area contributed by atoms with Crippen molar-refractivity contribution in [3.63, 3.8) is 0 Å². The number of nitrogens with zero attached hydrogens (tertiary/aromatic N) is 2. The van der Waals surface area contributed by atoms with E-state index in [1.54, 1.807) is 7.05 Å². The Labute approximate surface area is 121 Å². The van der Waals surface area contributed by atoms with E-state index in [9.17, 15) is 13.2 Å². The van der Waals surface area contributed by atoms with Crippen LogP contribution in [0.1, 0.15) is 5.56 Å². The fourth-order valence-electron chi connectivity index (χ4n) is 1.82. The number of ether oxygens (including phenoxy) is 1. The Kier molecular flexibility index (Phi) is 3.68. The predicted molar refractivity (Wildman–Crippen MR) is 72.3 cm³/mol. The molecule has 2 aromatic rings. The molecule has 2 rings (SSSR count). The Morgan fingerprint density at radius 1 is 1.30 bits per heavy atom. The van der Waals surface area contributed by atoms with E-state index in [-0.39, 0.29) is 21.6 Å². The van der Waals surface area contributed by atoms with Crippen molar-refractivity contribution in [3.05, 3.63) is 28.4 Å². The van der Waals surface area contributed by atoms with Crippen molar-refractivity contribution in [3.8, 4) is 16.9 Å². The molecule has 0 fully saturated rings. The van der Waals surface area contributed by atoms with Crippen LogP contribution in [0.5, 0.6) is 5.75 Å². The van der Waals surface area contributed by atoms with Crippen molar-refractivity contribution < 1.29 is 17.9 Å². The molecule has 0 bridgehead atoms. The summed E-state index contributed by atoms with van der Waals surface area (Å²) in [5, 5.41) is 3.93. The maximum absolute atomic E-state index is 12.9. The predicted octanol–water partition coefficient (Wildman–Crippen LogP) is 3.46. The second-order valence-electron chi connectivity index (χ2n) is 4.10. The van der Waals surface area contributed by atoms with Crippen molar-refractivity contribution >= 4 is 21.7 Å². The summed E-state index contributed by atoms with van der Waals surface area (Å²) in [6, 6.07) is 1.96. The van der Waals surface area contributed by atoms with Gasteiger partial charge in [-0.15, -0.1) is 0 Å². The molecule has 0 spiro atoms. The lowest BCUT2D eigenvalue weighted by molar-refractivity contribution is -0.137. The first kappa shape index (κ1) is 14.7. The summed E-state index contributed by atoms with van der Waals surface area (Å²) in [5.41, 5.74) is 5.65. The Bertz CT molecular complexity index is 652. The van der Waals surface area contributed by atoms with E-state index >= 15 is 0 Å². The summed E-state index contributed by atoms with van der Waals surface area (Å²) in [4.78, 5) is 0. The minimum absolute atomic E-state index is 0.202. The highest BCUT2D eigenvalue weighted by atomic mass is 79.9. The normalized spacial score (nSPS) is 11.7. The lowest BCUT2D eigenvalue weighted by Crippen LogP contribution is -2.06. The van der Waals surface area contributed by atoms with E-state index in [2.05, 4.69) is 21.0 Å². The third-order valence-electron chi connectivity index (χ3n) is 2.85. The summed E-state index contributed by atoms with van der Waals surface area (Å²) < 4.78 is 45.4.